The van der Waals surface area contributed by atoms with Crippen LogP contribution in [-0.2, 0) is 9.59 Å². The Bertz CT molecular complexity index is 396. The summed E-state index contributed by atoms with van der Waals surface area (Å²) in [5.41, 5.74) is 0.444. The molecule has 15 heavy (non-hydrogen) atoms. The van der Waals surface area contributed by atoms with Gasteiger partial charge in [-0.1, -0.05) is 30.3 Å². The number of rotatable bonds is 3. The number of hydrogen-bond donors (Lipinski definition) is 1. The first-order valence-corrected chi connectivity index (χ1v) is 4.35. The Morgan fingerprint density at radius 3 is 2.33 bits per heavy atom. The van der Waals surface area contributed by atoms with E-state index in [2.05, 4.69) is 5.32 Å². The molecule has 0 aliphatic rings. The van der Waals surface area contributed by atoms with Crippen molar-refractivity contribution in [2.24, 2.45) is 0 Å². The van der Waals surface area contributed by atoms with Gasteiger partial charge in [-0.2, -0.15) is 0 Å². The van der Waals surface area contributed by atoms with Crippen molar-refractivity contribution < 1.29 is 14.7 Å². The van der Waals surface area contributed by atoms with Gasteiger partial charge in [-0.25, -0.2) is 0 Å². The van der Waals surface area contributed by atoms with Gasteiger partial charge in [0.2, 0.25) is 5.91 Å². The molecule has 0 unspecified atom stereocenters. The van der Waals surface area contributed by atoms with Crippen LogP contribution >= 0.6 is 0 Å². The van der Waals surface area contributed by atoms with Crippen molar-refractivity contribution in [2.75, 3.05) is 0 Å². The van der Waals surface area contributed by atoms with Gasteiger partial charge in [0.1, 0.15) is 0 Å². The molecule has 4 nitrogen and oxygen atoms in total. The van der Waals surface area contributed by atoms with Crippen molar-refractivity contribution in [3.8, 4) is 0 Å². The van der Waals surface area contributed by atoms with E-state index in [-0.39, 0.29) is 5.70 Å². The summed E-state index contributed by atoms with van der Waals surface area (Å²) in [7, 11) is 0. The van der Waals surface area contributed by atoms with E-state index >= 15 is 0 Å². The molecule has 0 heterocycles. The highest BCUT2D eigenvalue weighted by atomic mass is 16.4. The molecule has 78 valence electrons. The lowest BCUT2D eigenvalue weighted by Gasteiger charge is -2.08. The minimum atomic E-state index is -1.41. The molecule has 4 heteroatoms. The molecule has 0 atom stereocenters. The van der Waals surface area contributed by atoms with Crippen molar-refractivity contribution in [3.05, 3.63) is 41.6 Å². The summed E-state index contributed by atoms with van der Waals surface area (Å²) in [6.45, 7) is 1.24. The van der Waals surface area contributed by atoms with E-state index in [4.69, 9.17) is 0 Å². The van der Waals surface area contributed by atoms with Crippen LogP contribution in [0.25, 0.3) is 6.08 Å². The lowest BCUT2D eigenvalue weighted by atomic mass is 10.2. The molecular weight excluding hydrogens is 194 g/mol. The molecule has 1 amide bonds. The Hall–Kier alpha value is -2.10. The summed E-state index contributed by atoms with van der Waals surface area (Å²) in [6, 6.07) is 8.81. The van der Waals surface area contributed by atoms with Gasteiger partial charge in [-0.15, -0.1) is 0 Å². The van der Waals surface area contributed by atoms with Crippen LogP contribution in [0.4, 0.5) is 0 Å². The molecule has 0 saturated heterocycles. The topological polar surface area (TPSA) is 69.2 Å². The number of nitrogens with one attached hydrogen (secondary N) is 1. The van der Waals surface area contributed by atoms with Crippen LogP contribution in [0.2, 0.25) is 0 Å². The maximum Gasteiger partial charge on any atom is 0.221 e. The summed E-state index contributed by atoms with van der Waals surface area (Å²) in [4.78, 5) is 21.4. The highest BCUT2D eigenvalue weighted by Gasteiger charge is 2.00. The molecule has 1 N–H and O–H groups in total. The standard InChI is InChI=1S/C11H11NO3/c1-8(13)12-10(11(14)15)7-9-5-3-2-4-6-9/h2-7H,1H3,(H,12,13)(H,14,15)/p-1. The van der Waals surface area contributed by atoms with Gasteiger partial charge < -0.3 is 15.2 Å². The minimum absolute atomic E-state index is 0.242. The van der Waals surface area contributed by atoms with Crippen LogP contribution in [0.3, 0.4) is 0 Å². The average Bonchev–Trinajstić information content (AvgIpc) is 2.17. The zero-order valence-electron chi connectivity index (χ0n) is 8.19. The number of carboxylic acids is 1. The molecule has 1 aromatic rings. The smallest absolute Gasteiger partial charge is 0.221 e. The SMILES string of the molecule is CC(=O)NC(=Cc1ccccc1)C(=O)[O-]. The second-order valence-electron chi connectivity index (χ2n) is 2.94. The maximum atomic E-state index is 10.7. The summed E-state index contributed by atoms with van der Waals surface area (Å²) < 4.78 is 0. The van der Waals surface area contributed by atoms with Gasteiger partial charge in [-0.3, -0.25) is 4.79 Å². The molecule has 0 spiro atoms. The molecule has 0 aliphatic carbocycles. The number of carboxylic acid groups (broad SMARTS) is 1. The Balaban J connectivity index is 2.94. The predicted molar refractivity (Wildman–Crippen MR) is 53.2 cm³/mol. The Labute approximate surface area is 87.2 Å². The number of amides is 1. The van der Waals surface area contributed by atoms with Crippen LogP contribution in [0.1, 0.15) is 12.5 Å². The van der Waals surface area contributed by atoms with Crippen molar-refractivity contribution in [1.29, 1.82) is 0 Å². The van der Waals surface area contributed by atoms with E-state index in [1.807, 2.05) is 6.07 Å². The molecule has 0 aliphatic heterocycles. The molecule has 0 radical (unpaired) electrons. The van der Waals surface area contributed by atoms with Gasteiger partial charge in [0, 0.05) is 6.92 Å². The second-order valence-corrected chi connectivity index (χ2v) is 2.94. The van der Waals surface area contributed by atoms with Crippen LogP contribution < -0.4 is 10.4 Å². The quantitative estimate of drug-likeness (QED) is 0.700. The monoisotopic (exact) mass is 204 g/mol. The largest absolute Gasteiger partial charge is 0.543 e. The average molecular weight is 204 g/mol. The maximum absolute atomic E-state index is 10.7. The van der Waals surface area contributed by atoms with Crippen LogP contribution in [0, 0.1) is 0 Å². The third-order valence-electron chi connectivity index (χ3n) is 1.64. The fourth-order valence-electron chi connectivity index (χ4n) is 1.05. The number of aliphatic carboxylic acids is 1. The zero-order chi connectivity index (χ0) is 11.3. The van der Waals surface area contributed by atoms with E-state index in [0.717, 1.165) is 0 Å². The summed E-state index contributed by atoms with van der Waals surface area (Å²) in [5.74, 6) is -1.85. The molecule has 0 fully saturated rings. The van der Waals surface area contributed by atoms with Gasteiger partial charge in [0.25, 0.3) is 0 Å². The summed E-state index contributed by atoms with van der Waals surface area (Å²) in [5, 5.41) is 12.8. The molecule has 1 aromatic carbocycles. The van der Waals surface area contributed by atoms with E-state index in [1.54, 1.807) is 24.3 Å². The fraction of sp³-hybridized carbons (Fsp3) is 0.0909. The van der Waals surface area contributed by atoms with Crippen molar-refractivity contribution >= 4 is 18.0 Å². The summed E-state index contributed by atoms with van der Waals surface area (Å²) in [6.07, 6.45) is 1.34. The lowest BCUT2D eigenvalue weighted by molar-refractivity contribution is -0.299. The van der Waals surface area contributed by atoms with Gasteiger partial charge in [0.05, 0.1) is 11.7 Å². The first-order valence-electron chi connectivity index (χ1n) is 4.35. The van der Waals surface area contributed by atoms with Gasteiger partial charge >= 0.3 is 0 Å². The van der Waals surface area contributed by atoms with Crippen molar-refractivity contribution in [2.45, 2.75) is 6.92 Å². The van der Waals surface area contributed by atoms with E-state index < -0.39 is 11.9 Å². The molecule has 0 saturated carbocycles. The number of carbonyl (C=O) groups excluding carboxylic acids is 2. The Morgan fingerprint density at radius 1 is 1.27 bits per heavy atom. The van der Waals surface area contributed by atoms with Crippen LogP contribution in [0.5, 0.6) is 0 Å². The highest BCUT2D eigenvalue weighted by Crippen LogP contribution is 2.04. The second kappa shape index (κ2) is 4.95. The normalized spacial score (nSPS) is 10.9. The first kappa shape index (κ1) is 11.0. The highest BCUT2D eigenvalue weighted by molar-refractivity contribution is 5.95. The number of benzene rings is 1. The Morgan fingerprint density at radius 2 is 1.87 bits per heavy atom. The number of carbonyl (C=O) groups is 2. The fourth-order valence-corrected chi connectivity index (χ4v) is 1.05. The molecular formula is C11H10NO3-. The predicted octanol–water partition coefficient (Wildman–Crippen LogP) is -0.0865. The van der Waals surface area contributed by atoms with Gasteiger partial charge in [0.15, 0.2) is 0 Å². The van der Waals surface area contributed by atoms with Crippen LogP contribution in [0.15, 0.2) is 36.0 Å². The van der Waals surface area contributed by atoms with E-state index in [0.29, 0.717) is 5.56 Å². The van der Waals surface area contributed by atoms with Crippen molar-refractivity contribution in [1.82, 2.24) is 5.32 Å². The zero-order valence-corrected chi connectivity index (χ0v) is 8.19. The first-order chi connectivity index (χ1) is 7.09. The lowest BCUT2D eigenvalue weighted by Crippen LogP contribution is -2.34. The van der Waals surface area contributed by atoms with Gasteiger partial charge in [-0.05, 0) is 11.6 Å². The molecule has 0 bridgehead atoms. The van der Waals surface area contributed by atoms with Crippen LogP contribution in [-0.4, -0.2) is 11.9 Å². The van der Waals surface area contributed by atoms with E-state index in [9.17, 15) is 14.7 Å². The van der Waals surface area contributed by atoms with Crippen molar-refractivity contribution in [3.63, 3.8) is 0 Å². The minimum Gasteiger partial charge on any atom is -0.543 e. The molecule has 0 aromatic heterocycles. The molecule has 1 rings (SSSR count). The third kappa shape index (κ3) is 3.64. The summed E-state index contributed by atoms with van der Waals surface area (Å²) >= 11 is 0. The Kier molecular flexibility index (Phi) is 3.62. The van der Waals surface area contributed by atoms with E-state index in [1.165, 1.54) is 13.0 Å². The number of hydrogen-bond acceptors (Lipinski definition) is 3. The third-order valence-corrected chi connectivity index (χ3v) is 1.64.